The van der Waals surface area contributed by atoms with Crippen molar-refractivity contribution in [2.75, 3.05) is 26.2 Å². The van der Waals surface area contributed by atoms with Gasteiger partial charge in [-0.2, -0.15) is 0 Å². The standard InChI is InChI=1S/C17H26N2O/c1-2-10-19(15-7-5-9-18-11-15)17-13-20-12-14-6-3-4-8-16(14)17/h3-4,6,8,15,17-18H,2,5,7,9-13H2,1H3. The van der Waals surface area contributed by atoms with Crippen LogP contribution >= 0.6 is 0 Å². The van der Waals surface area contributed by atoms with Crippen LogP contribution < -0.4 is 5.32 Å². The summed E-state index contributed by atoms with van der Waals surface area (Å²) in [6, 6.07) is 9.89. The van der Waals surface area contributed by atoms with Gasteiger partial charge in [0.05, 0.1) is 19.3 Å². The Morgan fingerprint density at radius 3 is 3.05 bits per heavy atom. The first-order chi connectivity index (χ1) is 9.90. The van der Waals surface area contributed by atoms with Crippen LogP contribution in [0.2, 0.25) is 0 Å². The van der Waals surface area contributed by atoms with Crippen LogP contribution in [0, 0.1) is 0 Å². The Kier molecular flexibility index (Phi) is 4.71. The summed E-state index contributed by atoms with van der Waals surface area (Å²) in [5.74, 6) is 0. The molecule has 0 radical (unpaired) electrons. The van der Waals surface area contributed by atoms with Crippen molar-refractivity contribution in [2.24, 2.45) is 0 Å². The van der Waals surface area contributed by atoms with Crippen LogP contribution in [0.1, 0.15) is 43.4 Å². The quantitative estimate of drug-likeness (QED) is 0.913. The fourth-order valence-corrected chi connectivity index (χ4v) is 3.60. The molecular formula is C17H26N2O. The third-order valence-corrected chi connectivity index (χ3v) is 4.57. The largest absolute Gasteiger partial charge is 0.375 e. The molecule has 3 rings (SSSR count). The first-order valence-corrected chi connectivity index (χ1v) is 8.02. The molecule has 1 fully saturated rings. The van der Waals surface area contributed by atoms with Gasteiger partial charge < -0.3 is 10.1 Å². The first kappa shape index (κ1) is 14.1. The third-order valence-electron chi connectivity index (χ3n) is 4.57. The number of piperidine rings is 1. The molecule has 0 aliphatic carbocycles. The molecule has 1 aromatic carbocycles. The van der Waals surface area contributed by atoms with E-state index in [0.717, 1.165) is 26.3 Å². The molecule has 1 N–H and O–H groups in total. The van der Waals surface area contributed by atoms with Crippen molar-refractivity contribution in [3.8, 4) is 0 Å². The molecular weight excluding hydrogens is 248 g/mol. The highest BCUT2D eigenvalue weighted by Gasteiger charge is 2.31. The van der Waals surface area contributed by atoms with Crippen molar-refractivity contribution in [3.63, 3.8) is 0 Å². The predicted molar refractivity (Wildman–Crippen MR) is 81.7 cm³/mol. The van der Waals surface area contributed by atoms with Gasteiger partial charge in [-0.25, -0.2) is 0 Å². The SMILES string of the molecule is CCCN(C1CCCNC1)C1COCc2ccccc21. The zero-order chi connectivity index (χ0) is 13.8. The molecule has 1 aromatic rings. The monoisotopic (exact) mass is 274 g/mol. The lowest BCUT2D eigenvalue weighted by Crippen LogP contribution is -2.49. The van der Waals surface area contributed by atoms with Crippen molar-refractivity contribution in [1.29, 1.82) is 0 Å². The van der Waals surface area contributed by atoms with Crippen LogP contribution in [0.15, 0.2) is 24.3 Å². The molecule has 0 aromatic heterocycles. The Bertz CT molecular complexity index is 429. The van der Waals surface area contributed by atoms with E-state index in [1.165, 1.54) is 36.9 Å². The smallest absolute Gasteiger partial charge is 0.0721 e. The van der Waals surface area contributed by atoms with Crippen molar-refractivity contribution < 1.29 is 4.74 Å². The predicted octanol–water partition coefficient (Wildman–Crippen LogP) is 2.72. The minimum absolute atomic E-state index is 0.435. The molecule has 2 aliphatic heterocycles. The van der Waals surface area contributed by atoms with Crippen molar-refractivity contribution >= 4 is 0 Å². The average molecular weight is 274 g/mol. The summed E-state index contributed by atoms with van der Waals surface area (Å²) in [4.78, 5) is 2.68. The van der Waals surface area contributed by atoms with E-state index in [4.69, 9.17) is 4.74 Å². The summed E-state index contributed by atoms with van der Waals surface area (Å²) in [7, 11) is 0. The number of ether oxygens (including phenoxy) is 1. The van der Waals surface area contributed by atoms with Crippen LogP contribution in [0.25, 0.3) is 0 Å². The number of hydrogen-bond donors (Lipinski definition) is 1. The lowest BCUT2D eigenvalue weighted by Gasteiger charge is -2.42. The highest BCUT2D eigenvalue weighted by molar-refractivity contribution is 5.31. The molecule has 1 saturated heterocycles. The molecule has 110 valence electrons. The molecule has 0 spiro atoms. The summed E-state index contributed by atoms with van der Waals surface area (Å²) in [6.45, 7) is 7.35. The molecule has 0 bridgehead atoms. The van der Waals surface area contributed by atoms with Crippen molar-refractivity contribution in [1.82, 2.24) is 10.2 Å². The second-order valence-electron chi connectivity index (χ2n) is 5.97. The molecule has 0 amide bonds. The van der Waals surface area contributed by atoms with Gasteiger partial charge in [-0.15, -0.1) is 0 Å². The van der Waals surface area contributed by atoms with E-state index in [2.05, 4.69) is 41.4 Å². The fourth-order valence-electron chi connectivity index (χ4n) is 3.60. The molecule has 2 aliphatic rings. The van der Waals surface area contributed by atoms with E-state index in [9.17, 15) is 0 Å². The van der Waals surface area contributed by atoms with Crippen molar-refractivity contribution in [3.05, 3.63) is 35.4 Å². The average Bonchev–Trinajstić information content (AvgIpc) is 2.53. The van der Waals surface area contributed by atoms with Gasteiger partial charge >= 0.3 is 0 Å². The Morgan fingerprint density at radius 1 is 1.35 bits per heavy atom. The van der Waals surface area contributed by atoms with E-state index in [-0.39, 0.29) is 0 Å². The second kappa shape index (κ2) is 6.70. The highest BCUT2D eigenvalue weighted by atomic mass is 16.5. The van der Waals surface area contributed by atoms with E-state index in [1.807, 2.05) is 0 Å². The van der Waals surface area contributed by atoms with Gasteiger partial charge in [0.2, 0.25) is 0 Å². The first-order valence-electron chi connectivity index (χ1n) is 8.02. The van der Waals surface area contributed by atoms with Crippen LogP contribution in [0.4, 0.5) is 0 Å². The van der Waals surface area contributed by atoms with E-state index in [1.54, 1.807) is 0 Å². The van der Waals surface area contributed by atoms with Gasteiger partial charge in [-0.1, -0.05) is 31.2 Å². The maximum absolute atomic E-state index is 5.86. The number of benzene rings is 1. The van der Waals surface area contributed by atoms with Crippen molar-refractivity contribution in [2.45, 2.75) is 44.9 Å². The maximum atomic E-state index is 5.86. The molecule has 2 atom stereocenters. The molecule has 2 heterocycles. The Labute approximate surface area is 122 Å². The number of rotatable bonds is 4. The normalized spacial score (nSPS) is 26.5. The summed E-state index contributed by atoms with van der Waals surface area (Å²) >= 11 is 0. The maximum Gasteiger partial charge on any atom is 0.0721 e. The zero-order valence-electron chi connectivity index (χ0n) is 12.5. The zero-order valence-corrected chi connectivity index (χ0v) is 12.5. The van der Waals surface area contributed by atoms with Crippen LogP contribution in [-0.2, 0) is 11.3 Å². The van der Waals surface area contributed by atoms with Gasteiger partial charge in [0.25, 0.3) is 0 Å². The number of nitrogens with one attached hydrogen (secondary N) is 1. The molecule has 3 nitrogen and oxygen atoms in total. The summed E-state index contributed by atoms with van der Waals surface area (Å²) in [5.41, 5.74) is 2.85. The topological polar surface area (TPSA) is 24.5 Å². The summed E-state index contributed by atoms with van der Waals surface area (Å²) in [5, 5.41) is 3.55. The van der Waals surface area contributed by atoms with E-state index in [0.29, 0.717) is 12.1 Å². The Balaban J connectivity index is 1.84. The number of hydrogen-bond acceptors (Lipinski definition) is 3. The van der Waals surface area contributed by atoms with Gasteiger partial charge in [0.1, 0.15) is 0 Å². The number of fused-ring (bicyclic) bond motifs is 1. The van der Waals surface area contributed by atoms with E-state index < -0.39 is 0 Å². The van der Waals surface area contributed by atoms with Gasteiger partial charge in [-0.3, -0.25) is 4.90 Å². The summed E-state index contributed by atoms with van der Waals surface area (Å²) < 4.78 is 5.86. The van der Waals surface area contributed by atoms with Gasteiger partial charge in [0.15, 0.2) is 0 Å². The molecule has 20 heavy (non-hydrogen) atoms. The molecule has 2 unspecified atom stereocenters. The Hall–Kier alpha value is -0.900. The lowest BCUT2D eigenvalue weighted by atomic mass is 9.94. The summed E-state index contributed by atoms with van der Waals surface area (Å²) in [6.07, 6.45) is 3.81. The van der Waals surface area contributed by atoms with Gasteiger partial charge in [0, 0.05) is 12.6 Å². The Morgan fingerprint density at radius 2 is 2.25 bits per heavy atom. The minimum atomic E-state index is 0.435. The molecule has 0 saturated carbocycles. The van der Waals surface area contributed by atoms with Crippen LogP contribution in [0.5, 0.6) is 0 Å². The van der Waals surface area contributed by atoms with Crippen LogP contribution in [-0.4, -0.2) is 37.2 Å². The third kappa shape index (κ3) is 2.90. The van der Waals surface area contributed by atoms with Gasteiger partial charge in [-0.05, 0) is 43.5 Å². The van der Waals surface area contributed by atoms with Crippen LogP contribution in [0.3, 0.4) is 0 Å². The fraction of sp³-hybridized carbons (Fsp3) is 0.647. The second-order valence-corrected chi connectivity index (χ2v) is 5.97. The number of nitrogens with zero attached hydrogens (tertiary/aromatic N) is 1. The molecule has 3 heteroatoms. The van der Waals surface area contributed by atoms with E-state index >= 15 is 0 Å². The lowest BCUT2D eigenvalue weighted by molar-refractivity contribution is 0.00845. The highest BCUT2D eigenvalue weighted by Crippen LogP contribution is 2.32. The minimum Gasteiger partial charge on any atom is -0.375 e.